The van der Waals surface area contributed by atoms with E-state index in [1.165, 1.54) is 11.1 Å². The molecule has 0 aliphatic rings. The van der Waals surface area contributed by atoms with Gasteiger partial charge in [0, 0.05) is 12.8 Å². The highest BCUT2D eigenvalue weighted by Crippen LogP contribution is 2.23. The monoisotopic (exact) mass is 273 g/mol. The topological polar surface area (TPSA) is 26.3 Å². The van der Waals surface area contributed by atoms with Crippen LogP contribution >= 0.6 is 8.03 Å². The molecule has 0 aliphatic carbocycles. The van der Waals surface area contributed by atoms with Gasteiger partial charge in [0.1, 0.15) is 6.61 Å². The Morgan fingerprint density at radius 1 is 0.789 bits per heavy atom. The average molecular weight is 273 g/mol. The van der Waals surface area contributed by atoms with Gasteiger partial charge in [0.05, 0.1) is 0 Å². The molecule has 3 heteroatoms. The van der Waals surface area contributed by atoms with E-state index in [2.05, 4.69) is 12.1 Å². The largest absolute Gasteiger partial charge is 0.508 e. The maximum Gasteiger partial charge on any atom is 0.508 e. The van der Waals surface area contributed by atoms with Gasteiger partial charge in [0.25, 0.3) is 0 Å². The highest BCUT2D eigenvalue weighted by atomic mass is 31.1. The van der Waals surface area contributed by atoms with Crippen molar-refractivity contribution in [3.8, 4) is 0 Å². The van der Waals surface area contributed by atoms with E-state index in [9.17, 15) is 4.57 Å². The van der Waals surface area contributed by atoms with Crippen LogP contribution in [0.1, 0.15) is 11.1 Å². The van der Waals surface area contributed by atoms with Crippen molar-refractivity contribution in [3.05, 3.63) is 71.8 Å². The summed E-state index contributed by atoms with van der Waals surface area (Å²) in [7, 11) is -1.55. The molecule has 2 aromatic rings. The molecule has 2 nitrogen and oxygen atoms in total. The van der Waals surface area contributed by atoms with Crippen molar-refractivity contribution in [2.24, 2.45) is 0 Å². The van der Waals surface area contributed by atoms with Gasteiger partial charge in [-0.25, -0.2) is 0 Å². The zero-order valence-electron chi connectivity index (χ0n) is 10.9. The summed E-state index contributed by atoms with van der Waals surface area (Å²) in [5.74, 6) is 0. The van der Waals surface area contributed by atoms with Gasteiger partial charge in [-0.2, -0.15) is 0 Å². The molecule has 0 saturated heterocycles. The molecule has 0 amide bonds. The second kappa shape index (κ2) is 7.83. The maximum absolute atomic E-state index is 11.7. The highest BCUT2D eigenvalue weighted by Gasteiger charge is 2.16. The molecular formula is C16H18O2P+. The molecule has 0 saturated carbocycles. The van der Waals surface area contributed by atoms with Crippen molar-refractivity contribution in [1.29, 1.82) is 0 Å². The van der Waals surface area contributed by atoms with Crippen LogP contribution in [0.5, 0.6) is 0 Å². The smallest absolute Gasteiger partial charge is 0.146 e. The lowest BCUT2D eigenvalue weighted by molar-refractivity contribution is 0.333. The third kappa shape index (κ3) is 5.34. The minimum Gasteiger partial charge on any atom is -0.146 e. The Morgan fingerprint density at radius 3 is 1.89 bits per heavy atom. The van der Waals surface area contributed by atoms with Crippen LogP contribution in [0.3, 0.4) is 0 Å². The predicted octanol–water partition coefficient (Wildman–Crippen LogP) is 4.23. The van der Waals surface area contributed by atoms with Crippen LogP contribution in [-0.2, 0) is 21.9 Å². The normalized spacial score (nSPS) is 11.3. The van der Waals surface area contributed by atoms with Gasteiger partial charge < -0.3 is 0 Å². The summed E-state index contributed by atoms with van der Waals surface area (Å²) in [6.07, 6.45) is 2.21. The van der Waals surface area contributed by atoms with Crippen LogP contribution < -0.4 is 0 Å². The molecule has 98 valence electrons. The Balaban J connectivity index is 1.65. The third-order valence-corrected chi connectivity index (χ3v) is 3.95. The standard InChI is InChI=1S/C16H18O2P/c17-19(14-12-16-9-5-2-6-10-16)18-13-11-15-7-3-1-4-8-15/h1-10H,11-14H2/q+1. The molecule has 0 fully saturated rings. The van der Waals surface area contributed by atoms with E-state index >= 15 is 0 Å². The van der Waals surface area contributed by atoms with Crippen LogP contribution in [0.25, 0.3) is 0 Å². The summed E-state index contributed by atoms with van der Waals surface area (Å²) in [5.41, 5.74) is 2.42. The van der Waals surface area contributed by atoms with Crippen molar-refractivity contribution in [3.63, 3.8) is 0 Å². The Labute approximate surface area is 115 Å². The molecule has 0 aromatic heterocycles. The van der Waals surface area contributed by atoms with E-state index in [1.807, 2.05) is 48.5 Å². The Morgan fingerprint density at radius 2 is 1.32 bits per heavy atom. The predicted molar refractivity (Wildman–Crippen MR) is 78.7 cm³/mol. The Kier molecular flexibility index (Phi) is 5.74. The number of hydrogen-bond acceptors (Lipinski definition) is 2. The molecule has 0 spiro atoms. The van der Waals surface area contributed by atoms with Crippen molar-refractivity contribution in [2.75, 3.05) is 12.8 Å². The van der Waals surface area contributed by atoms with Crippen LogP contribution in [-0.4, -0.2) is 12.8 Å². The number of benzene rings is 2. The average Bonchev–Trinajstić information content (AvgIpc) is 2.47. The highest BCUT2D eigenvalue weighted by molar-refractivity contribution is 7.39. The minimum atomic E-state index is -1.55. The summed E-state index contributed by atoms with van der Waals surface area (Å²) in [6, 6.07) is 20.2. The number of hydrogen-bond donors (Lipinski definition) is 0. The molecule has 0 heterocycles. The van der Waals surface area contributed by atoms with Crippen molar-refractivity contribution in [2.45, 2.75) is 12.8 Å². The first-order valence-corrected chi connectivity index (χ1v) is 7.86. The fraction of sp³-hybridized carbons (Fsp3) is 0.250. The van der Waals surface area contributed by atoms with E-state index < -0.39 is 8.03 Å². The van der Waals surface area contributed by atoms with Crippen LogP contribution in [0.15, 0.2) is 60.7 Å². The van der Waals surface area contributed by atoms with Crippen LogP contribution in [0, 0.1) is 0 Å². The molecule has 2 aromatic carbocycles. The molecular weight excluding hydrogens is 255 g/mol. The first-order chi connectivity index (χ1) is 9.34. The van der Waals surface area contributed by atoms with Crippen molar-refractivity contribution >= 4 is 8.03 Å². The lowest BCUT2D eigenvalue weighted by Gasteiger charge is -1.97. The second-order valence-corrected chi connectivity index (χ2v) is 5.73. The lowest BCUT2D eigenvalue weighted by atomic mass is 10.2. The number of rotatable bonds is 7. The van der Waals surface area contributed by atoms with E-state index in [0.717, 1.165) is 12.8 Å². The summed E-state index contributed by atoms with van der Waals surface area (Å²) in [6.45, 7) is 0.522. The lowest BCUT2D eigenvalue weighted by Crippen LogP contribution is -1.95. The van der Waals surface area contributed by atoms with Gasteiger partial charge in [-0.15, -0.1) is 4.52 Å². The second-order valence-electron chi connectivity index (χ2n) is 4.36. The minimum absolute atomic E-state index is 0.522. The quantitative estimate of drug-likeness (QED) is 0.706. The van der Waals surface area contributed by atoms with Crippen molar-refractivity contribution in [1.82, 2.24) is 0 Å². The van der Waals surface area contributed by atoms with Gasteiger partial charge >= 0.3 is 8.03 Å². The fourth-order valence-corrected chi connectivity index (χ4v) is 2.70. The van der Waals surface area contributed by atoms with E-state index in [4.69, 9.17) is 4.52 Å². The molecule has 2 rings (SSSR count). The summed E-state index contributed by atoms with van der Waals surface area (Å²) in [4.78, 5) is 0. The Hall–Kier alpha value is -1.50. The van der Waals surface area contributed by atoms with Crippen molar-refractivity contribution < 1.29 is 9.09 Å². The van der Waals surface area contributed by atoms with E-state index in [1.54, 1.807) is 0 Å². The van der Waals surface area contributed by atoms with Crippen LogP contribution in [0.4, 0.5) is 0 Å². The molecule has 0 N–H and O–H groups in total. The first-order valence-electron chi connectivity index (χ1n) is 6.50. The summed E-state index contributed by atoms with van der Waals surface area (Å²) >= 11 is 0. The van der Waals surface area contributed by atoms with Gasteiger partial charge in [0.15, 0.2) is 6.16 Å². The van der Waals surface area contributed by atoms with Gasteiger partial charge in [-0.3, -0.25) is 0 Å². The van der Waals surface area contributed by atoms with Gasteiger partial charge in [-0.05, 0) is 15.7 Å². The van der Waals surface area contributed by atoms with E-state index in [0.29, 0.717) is 12.8 Å². The molecule has 1 unspecified atom stereocenters. The molecule has 0 bridgehead atoms. The SMILES string of the molecule is O=[P+](CCc1ccccc1)OCCc1ccccc1. The molecule has 1 atom stereocenters. The third-order valence-electron chi connectivity index (χ3n) is 2.89. The van der Waals surface area contributed by atoms with E-state index in [-0.39, 0.29) is 0 Å². The van der Waals surface area contributed by atoms with Gasteiger partial charge in [0.2, 0.25) is 0 Å². The maximum atomic E-state index is 11.7. The molecule has 19 heavy (non-hydrogen) atoms. The zero-order valence-corrected chi connectivity index (χ0v) is 11.8. The number of aryl methyl sites for hydroxylation is 1. The fourth-order valence-electron chi connectivity index (χ4n) is 1.84. The Bertz CT molecular complexity index is 497. The first kappa shape index (κ1) is 13.9. The molecule has 0 aliphatic heterocycles. The van der Waals surface area contributed by atoms with Gasteiger partial charge in [-0.1, -0.05) is 60.7 Å². The summed E-state index contributed by atoms with van der Waals surface area (Å²) < 4.78 is 17.1. The molecule has 0 radical (unpaired) electrons. The van der Waals surface area contributed by atoms with Crippen LogP contribution in [0.2, 0.25) is 0 Å². The zero-order chi connectivity index (χ0) is 13.3. The summed E-state index contributed by atoms with van der Waals surface area (Å²) in [5, 5.41) is 0.